The molecule has 1 saturated heterocycles. The number of aliphatic carboxylic acids is 1. The summed E-state index contributed by atoms with van der Waals surface area (Å²) in [5, 5.41) is 8.96. The first-order valence-electron chi connectivity index (χ1n) is 6.65. The Hall–Kier alpha value is -1.30. The fourth-order valence-corrected chi connectivity index (χ4v) is 2.04. The Labute approximate surface area is 114 Å². The van der Waals surface area contributed by atoms with Gasteiger partial charge in [0.25, 0.3) is 0 Å². The van der Waals surface area contributed by atoms with Gasteiger partial charge in [-0.1, -0.05) is 6.92 Å². The number of nitrogens with zero attached hydrogens (tertiary/aromatic N) is 2. The minimum absolute atomic E-state index is 0.0457. The molecule has 110 valence electrons. The second kappa shape index (κ2) is 6.23. The van der Waals surface area contributed by atoms with Crippen molar-refractivity contribution in [1.29, 1.82) is 0 Å². The summed E-state index contributed by atoms with van der Waals surface area (Å²) in [6, 6.07) is -0.225. The smallest absolute Gasteiger partial charge is 0.323 e. The SMILES string of the molecule is CCC1CN(C(=O)N(CC(=O)O)C(C)(C)C)CCO1. The van der Waals surface area contributed by atoms with Gasteiger partial charge in [0.05, 0.1) is 12.7 Å². The molecule has 1 heterocycles. The average molecular weight is 272 g/mol. The van der Waals surface area contributed by atoms with Crippen molar-refractivity contribution in [1.82, 2.24) is 9.80 Å². The van der Waals surface area contributed by atoms with Crippen molar-refractivity contribution in [2.45, 2.75) is 45.8 Å². The number of hydrogen-bond acceptors (Lipinski definition) is 3. The van der Waals surface area contributed by atoms with Gasteiger partial charge in [0.1, 0.15) is 6.54 Å². The number of amides is 2. The number of carbonyl (C=O) groups is 2. The van der Waals surface area contributed by atoms with Crippen LogP contribution in [-0.2, 0) is 9.53 Å². The monoisotopic (exact) mass is 272 g/mol. The van der Waals surface area contributed by atoms with Crippen LogP contribution in [0.2, 0.25) is 0 Å². The number of carboxylic acids is 1. The number of hydrogen-bond donors (Lipinski definition) is 1. The van der Waals surface area contributed by atoms with Gasteiger partial charge in [-0.25, -0.2) is 4.79 Å². The Kier molecular flexibility index (Phi) is 5.17. The minimum Gasteiger partial charge on any atom is -0.480 e. The fraction of sp³-hybridized carbons (Fsp3) is 0.846. The van der Waals surface area contributed by atoms with Crippen molar-refractivity contribution in [3.63, 3.8) is 0 Å². The van der Waals surface area contributed by atoms with E-state index in [2.05, 4.69) is 0 Å². The normalized spacial score (nSPS) is 20.2. The molecule has 1 fully saturated rings. The van der Waals surface area contributed by atoms with Crippen molar-refractivity contribution in [3.8, 4) is 0 Å². The summed E-state index contributed by atoms with van der Waals surface area (Å²) >= 11 is 0. The molecule has 0 aliphatic carbocycles. The Bertz CT molecular complexity index is 338. The van der Waals surface area contributed by atoms with Crippen LogP contribution in [0.25, 0.3) is 0 Å². The number of urea groups is 1. The first-order chi connectivity index (χ1) is 8.75. The molecule has 0 bridgehead atoms. The lowest BCUT2D eigenvalue weighted by molar-refractivity contribution is -0.139. The van der Waals surface area contributed by atoms with E-state index < -0.39 is 11.5 Å². The molecule has 1 unspecified atom stereocenters. The van der Waals surface area contributed by atoms with E-state index in [1.165, 1.54) is 4.90 Å². The van der Waals surface area contributed by atoms with Gasteiger partial charge in [0, 0.05) is 18.6 Å². The number of carboxylic acid groups (broad SMARTS) is 1. The zero-order valence-corrected chi connectivity index (χ0v) is 12.2. The molecule has 1 N–H and O–H groups in total. The second-order valence-corrected chi connectivity index (χ2v) is 5.78. The minimum atomic E-state index is -0.997. The van der Waals surface area contributed by atoms with Crippen molar-refractivity contribution in [3.05, 3.63) is 0 Å². The quantitative estimate of drug-likeness (QED) is 0.843. The first-order valence-corrected chi connectivity index (χ1v) is 6.65. The summed E-state index contributed by atoms with van der Waals surface area (Å²) < 4.78 is 5.53. The molecule has 1 atom stereocenters. The van der Waals surface area contributed by atoms with Crippen LogP contribution in [0.3, 0.4) is 0 Å². The average Bonchev–Trinajstić information content (AvgIpc) is 2.33. The molecule has 6 heteroatoms. The first kappa shape index (κ1) is 15.8. The summed E-state index contributed by atoms with van der Waals surface area (Å²) in [4.78, 5) is 26.5. The van der Waals surface area contributed by atoms with Crippen LogP contribution in [0.5, 0.6) is 0 Å². The largest absolute Gasteiger partial charge is 0.480 e. The van der Waals surface area contributed by atoms with Crippen LogP contribution in [0.1, 0.15) is 34.1 Å². The van der Waals surface area contributed by atoms with Gasteiger partial charge < -0.3 is 19.6 Å². The molecule has 2 amide bonds. The van der Waals surface area contributed by atoms with Crippen LogP contribution in [0.15, 0.2) is 0 Å². The highest BCUT2D eigenvalue weighted by Gasteiger charge is 2.33. The number of morpholine rings is 1. The molecule has 1 rings (SSSR count). The molecule has 0 radical (unpaired) electrons. The van der Waals surface area contributed by atoms with Crippen molar-refractivity contribution in [2.75, 3.05) is 26.2 Å². The maximum absolute atomic E-state index is 12.5. The Morgan fingerprint density at radius 3 is 2.53 bits per heavy atom. The van der Waals surface area contributed by atoms with E-state index in [4.69, 9.17) is 9.84 Å². The van der Waals surface area contributed by atoms with E-state index >= 15 is 0 Å². The molecule has 0 aromatic carbocycles. The summed E-state index contributed by atoms with van der Waals surface area (Å²) in [5.41, 5.74) is -0.518. The van der Waals surface area contributed by atoms with Gasteiger partial charge in [-0.3, -0.25) is 4.79 Å². The van der Waals surface area contributed by atoms with E-state index in [9.17, 15) is 9.59 Å². The zero-order valence-electron chi connectivity index (χ0n) is 12.2. The van der Waals surface area contributed by atoms with Crippen molar-refractivity contribution in [2.24, 2.45) is 0 Å². The Balaban J connectivity index is 2.78. The lowest BCUT2D eigenvalue weighted by Crippen LogP contribution is -2.57. The van der Waals surface area contributed by atoms with Gasteiger partial charge in [-0.2, -0.15) is 0 Å². The van der Waals surface area contributed by atoms with E-state index in [-0.39, 0.29) is 18.7 Å². The summed E-state index contributed by atoms with van der Waals surface area (Å²) in [6.07, 6.45) is 0.891. The summed E-state index contributed by atoms with van der Waals surface area (Å²) in [7, 11) is 0. The van der Waals surface area contributed by atoms with Gasteiger partial charge in [-0.05, 0) is 27.2 Å². The predicted octanol–water partition coefficient (Wildman–Crippen LogP) is 1.40. The molecule has 1 aliphatic heterocycles. The molecule has 0 aromatic heterocycles. The highest BCUT2D eigenvalue weighted by atomic mass is 16.5. The lowest BCUT2D eigenvalue weighted by atomic mass is 10.1. The van der Waals surface area contributed by atoms with Gasteiger partial charge in [-0.15, -0.1) is 0 Å². The van der Waals surface area contributed by atoms with E-state index in [1.54, 1.807) is 4.90 Å². The summed E-state index contributed by atoms with van der Waals surface area (Å²) in [6.45, 7) is 8.80. The molecule has 0 spiro atoms. The summed E-state index contributed by atoms with van der Waals surface area (Å²) in [5.74, 6) is -0.997. The van der Waals surface area contributed by atoms with Gasteiger partial charge in [0.15, 0.2) is 0 Å². The molecular weight excluding hydrogens is 248 g/mol. The van der Waals surface area contributed by atoms with Crippen LogP contribution in [-0.4, -0.2) is 64.8 Å². The third-order valence-corrected chi connectivity index (χ3v) is 3.20. The van der Waals surface area contributed by atoms with Crippen molar-refractivity contribution < 1.29 is 19.4 Å². The zero-order chi connectivity index (χ0) is 14.6. The maximum atomic E-state index is 12.5. The Morgan fingerprint density at radius 1 is 1.42 bits per heavy atom. The van der Waals surface area contributed by atoms with Crippen LogP contribution < -0.4 is 0 Å². The number of ether oxygens (including phenoxy) is 1. The maximum Gasteiger partial charge on any atom is 0.323 e. The van der Waals surface area contributed by atoms with Crippen LogP contribution >= 0.6 is 0 Å². The molecule has 1 aliphatic rings. The van der Waals surface area contributed by atoms with Crippen molar-refractivity contribution >= 4 is 12.0 Å². The predicted molar refractivity (Wildman–Crippen MR) is 71.1 cm³/mol. The molecule has 19 heavy (non-hydrogen) atoms. The van der Waals surface area contributed by atoms with Crippen LogP contribution in [0, 0.1) is 0 Å². The van der Waals surface area contributed by atoms with Crippen LogP contribution in [0.4, 0.5) is 4.79 Å². The molecule has 0 aromatic rings. The molecular formula is C13H24N2O4. The van der Waals surface area contributed by atoms with Gasteiger partial charge >= 0.3 is 12.0 Å². The fourth-order valence-electron chi connectivity index (χ4n) is 2.04. The van der Waals surface area contributed by atoms with E-state index in [0.29, 0.717) is 19.7 Å². The Morgan fingerprint density at radius 2 is 2.05 bits per heavy atom. The third-order valence-electron chi connectivity index (χ3n) is 3.20. The van der Waals surface area contributed by atoms with Gasteiger partial charge in [0.2, 0.25) is 0 Å². The highest BCUT2D eigenvalue weighted by Crippen LogP contribution is 2.18. The number of carbonyl (C=O) groups excluding carboxylic acids is 1. The third kappa shape index (κ3) is 4.38. The topological polar surface area (TPSA) is 70.1 Å². The standard InChI is InChI=1S/C13H24N2O4/c1-5-10-8-14(6-7-19-10)12(18)15(9-11(16)17)13(2,3)4/h10H,5-9H2,1-4H3,(H,16,17). The van der Waals surface area contributed by atoms with E-state index in [0.717, 1.165) is 6.42 Å². The molecule has 0 saturated carbocycles. The molecule has 6 nitrogen and oxygen atoms in total. The second-order valence-electron chi connectivity index (χ2n) is 5.78. The highest BCUT2D eigenvalue weighted by molar-refractivity contribution is 5.81. The van der Waals surface area contributed by atoms with E-state index in [1.807, 2.05) is 27.7 Å². The lowest BCUT2D eigenvalue weighted by Gasteiger charge is -2.41. The number of rotatable bonds is 3.